The average molecular weight is 495 g/mol. The van der Waals surface area contributed by atoms with Crippen LogP contribution in [0.15, 0.2) is 84.8 Å². The van der Waals surface area contributed by atoms with Gasteiger partial charge < -0.3 is 15.0 Å². The van der Waals surface area contributed by atoms with E-state index in [4.69, 9.17) is 16.3 Å². The van der Waals surface area contributed by atoms with E-state index in [1.807, 2.05) is 66.9 Å². The fourth-order valence-electron chi connectivity index (χ4n) is 3.90. The molecule has 1 aliphatic heterocycles. The van der Waals surface area contributed by atoms with E-state index in [0.717, 1.165) is 47.1 Å². The van der Waals surface area contributed by atoms with Gasteiger partial charge in [-0.05, 0) is 61.4 Å². The van der Waals surface area contributed by atoms with Gasteiger partial charge >= 0.3 is 0 Å². The van der Waals surface area contributed by atoms with Crippen molar-refractivity contribution < 1.29 is 9.53 Å². The Balaban J connectivity index is 1.39. The number of amides is 1. The minimum absolute atomic E-state index is 0.0346. The molecule has 7 heteroatoms. The highest BCUT2D eigenvalue weighted by Gasteiger charge is 2.12. The second-order valence-corrected chi connectivity index (χ2v) is 8.77. The number of anilines is 2. The van der Waals surface area contributed by atoms with E-state index >= 15 is 0 Å². The summed E-state index contributed by atoms with van der Waals surface area (Å²) >= 11 is 6.49. The molecule has 0 saturated heterocycles. The number of hydrogen-bond acceptors (Lipinski definition) is 5. The average Bonchev–Trinajstić information content (AvgIpc) is 2.90. The third-order valence-corrected chi connectivity index (χ3v) is 6.02. The molecule has 4 aromatic rings. The van der Waals surface area contributed by atoms with Crippen LogP contribution in [0.25, 0.3) is 10.9 Å². The summed E-state index contributed by atoms with van der Waals surface area (Å²) in [5, 5.41) is 4.66. The largest absolute Gasteiger partial charge is 0.456 e. The number of carbonyl (C=O) groups is 1. The van der Waals surface area contributed by atoms with Crippen molar-refractivity contribution in [1.82, 2.24) is 14.9 Å². The SMILES string of the molecule is CC(=O)N1C=C(C#Cc2ccc3ncnc(Nc4ccc(Oc5ccccc5)c(Cl)c4)c3c2)CCC1. The Kier molecular flexibility index (Phi) is 6.83. The number of halogens is 1. The molecule has 0 radical (unpaired) electrons. The second-order valence-electron chi connectivity index (χ2n) is 8.36. The molecule has 1 aromatic heterocycles. The van der Waals surface area contributed by atoms with Gasteiger partial charge in [0.1, 0.15) is 23.6 Å². The molecular weight excluding hydrogens is 472 g/mol. The maximum absolute atomic E-state index is 11.7. The third-order valence-electron chi connectivity index (χ3n) is 5.73. The third kappa shape index (κ3) is 5.48. The van der Waals surface area contributed by atoms with E-state index in [0.29, 0.717) is 22.3 Å². The molecule has 3 aromatic carbocycles. The van der Waals surface area contributed by atoms with Gasteiger partial charge in [-0.1, -0.05) is 41.6 Å². The summed E-state index contributed by atoms with van der Waals surface area (Å²) in [7, 11) is 0. The van der Waals surface area contributed by atoms with Crippen LogP contribution in [0.2, 0.25) is 5.02 Å². The summed E-state index contributed by atoms with van der Waals surface area (Å²) in [5.41, 5.74) is 3.36. The molecule has 6 nitrogen and oxygen atoms in total. The highest BCUT2D eigenvalue weighted by Crippen LogP contribution is 2.33. The topological polar surface area (TPSA) is 67.4 Å². The summed E-state index contributed by atoms with van der Waals surface area (Å²) in [6.07, 6.45) is 5.15. The van der Waals surface area contributed by atoms with Gasteiger partial charge in [0.15, 0.2) is 0 Å². The molecule has 0 unspecified atom stereocenters. The van der Waals surface area contributed by atoms with Crippen LogP contribution in [-0.4, -0.2) is 27.3 Å². The smallest absolute Gasteiger partial charge is 0.223 e. The van der Waals surface area contributed by atoms with Gasteiger partial charge in [-0.3, -0.25) is 4.79 Å². The van der Waals surface area contributed by atoms with Crippen molar-refractivity contribution in [3.63, 3.8) is 0 Å². The van der Waals surface area contributed by atoms with E-state index in [-0.39, 0.29) is 5.91 Å². The molecule has 0 fully saturated rings. The number of benzene rings is 3. The van der Waals surface area contributed by atoms with Crippen molar-refractivity contribution in [2.45, 2.75) is 19.8 Å². The maximum Gasteiger partial charge on any atom is 0.223 e. The highest BCUT2D eigenvalue weighted by molar-refractivity contribution is 6.32. The molecule has 0 saturated carbocycles. The number of nitrogens with zero attached hydrogens (tertiary/aromatic N) is 3. The summed E-state index contributed by atoms with van der Waals surface area (Å²) in [4.78, 5) is 22.2. The lowest BCUT2D eigenvalue weighted by atomic mass is 10.1. The van der Waals surface area contributed by atoms with Crippen molar-refractivity contribution in [2.24, 2.45) is 0 Å². The number of carbonyl (C=O) groups excluding carboxylic acids is 1. The van der Waals surface area contributed by atoms with Gasteiger partial charge in [-0.2, -0.15) is 0 Å². The van der Waals surface area contributed by atoms with Crippen LogP contribution in [-0.2, 0) is 4.79 Å². The first-order valence-electron chi connectivity index (χ1n) is 11.6. The quantitative estimate of drug-likeness (QED) is 0.320. The van der Waals surface area contributed by atoms with Crippen LogP contribution in [0.1, 0.15) is 25.3 Å². The van der Waals surface area contributed by atoms with E-state index in [1.165, 1.54) is 6.33 Å². The van der Waals surface area contributed by atoms with Crippen LogP contribution in [0.4, 0.5) is 11.5 Å². The highest BCUT2D eigenvalue weighted by atomic mass is 35.5. The van der Waals surface area contributed by atoms with Crippen LogP contribution in [0.5, 0.6) is 11.5 Å². The number of rotatable bonds is 4. The molecule has 5 rings (SSSR count). The lowest BCUT2D eigenvalue weighted by molar-refractivity contribution is -0.126. The van der Waals surface area contributed by atoms with Crippen molar-refractivity contribution in [3.8, 4) is 23.3 Å². The Hall–Kier alpha value is -4.34. The molecule has 1 aliphatic rings. The Labute approximate surface area is 214 Å². The first-order chi connectivity index (χ1) is 17.5. The Morgan fingerprint density at radius 1 is 1.06 bits per heavy atom. The number of ether oxygens (including phenoxy) is 1. The molecule has 1 amide bonds. The van der Waals surface area contributed by atoms with E-state index in [2.05, 4.69) is 27.1 Å². The number of nitrogens with one attached hydrogen (secondary N) is 1. The zero-order chi connectivity index (χ0) is 24.9. The van der Waals surface area contributed by atoms with Gasteiger partial charge in [-0.15, -0.1) is 0 Å². The molecule has 2 heterocycles. The van der Waals surface area contributed by atoms with Crippen molar-refractivity contribution in [2.75, 3.05) is 11.9 Å². The summed E-state index contributed by atoms with van der Waals surface area (Å²) in [6, 6.07) is 20.8. The maximum atomic E-state index is 11.7. The summed E-state index contributed by atoms with van der Waals surface area (Å²) in [6.45, 7) is 2.31. The monoisotopic (exact) mass is 494 g/mol. The first kappa shape index (κ1) is 23.4. The predicted molar refractivity (Wildman–Crippen MR) is 142 cm³/mol. The van der Waals surface area contributed by atoms with E-state index in [9.17, 15) is 4.79 Å². The molecule has 1 N–H and O–H groups in total. The normalized spacial score (nSPS) is 12.9. The van der Waals surface area contributed by atoms with Crippen LogP contribution >= 0.6 is 11.6 Å². The minimum Gasteiger partial charge on any atom is -0.456 e. The molecular formula is C29H23ClN4O2. The summed E-state index contributed by atoms with van der Waals surface area (Å²) < 4.78 is 5.87. The molecule has 36 heavy (non-hydrogen) atoms. The fourth-order valence-corrected chi connectivity index (χ4v) is 4.12. The molecule has 178 valence electrons. The predicted octanol–water partition coefficient (Wildman–Crippen LogP) is 6.70. The molecule has 0 spiro atoms. The van der Waals surface area contributed by atoms with Crippen molar-refractivity contribution in [1.29, 1.82) is 0 Å². The molecule has 0 aliphatic carbocycles. The molecule has 0 atom stereocenters. The van der Waals surface area contributed by atoms with Crippen molar-refractivity contribution in [3.05, 3.63) is 95.4 Å². The number of hydrogen-bond donors (Lipinski definition) is 1. The van der Waals surface area contributed by atoms with Crippen molar-refractivity contribution >= 4 is 39.9 Å². The standard InChI is InChI=1S/C29H23ClN4O2/c1-20(35)34-15-5-6-22(18-34)10-9-21-11-13-27-25(16-21)29(32-19-31-27)33-23-12-14-28(26(30)17-23)36-24-7-3-2-4-8-24/h2-4,7-8,11-14,16-19H,5-6,15H2,1H3,(H,31,32,33). The second kappa shape index (κ2) is 10.5. The number of aromatic nitrogens is 2. The Bertz CT molecular complexity index is 1520. The van der Waals surface area contributed by atoms with Crippen LogP contribution < -0.4 is 10.1 Å². The first-order valence-corrected chi connectivity index (χ1v) is 12.0. The Morgan fingerprint density at radius 3 is 2.72 bits per heavy atom. The number of para-hydroxylation sites is 1. The Morgan fingerprint density at radius 2 is 1.92 bits per heavy atom. The number of allylic oxidation sites excluding steroid dienone is 1. The lowest BCUT2D eigenvalue weighted by Crippen LogP contribution is -2.27. The van der Waals surface area contributed by atoms with Gasteiger partial charge in [-0.25, -0.2) is 9.97 Å². The summed E-state index contributed by atoms with van der Waals surface area (Å²) in [5.74, 6) is 8.40. The van der Waals surface area contributed by atoms with Gasteiger partial charge in [0.2, 0.25) is 5.91 Å². The zero-order valence-electron chi connectivity index (χ0n) is 19.7. The van der Waals surface area contributed by atoms with Gasteiger partial charge in [0.25, 0.3) is 0 Å². The van der Waals surface area contributed by atoms with E-state index < -0.39 is 0 Å². The van der Waals surface area contributed by atoms with Crippen LogP contribution in [0.3, 0.4) is 0 Å². The van der Waals surface area contributed by atoms with Gasteiger partial charge in [0.05, 0.1) is 10.5 Å². The number of fused-ring (bicyclic) bond motifs is 1. The fraction of sp³-hybridized carbons (Fsp3) is 0.138. The van der Waals surface area contributed by atoms with Crippen LogP contribution in [0, 0.1) is 11.8 Å². The zero-order valence-corrected chi connectivity index (χ0v) is 20.4. The molecule has 0 bridgehead atoms. The minimum atomic E-state index is 0.0346. The van der Waals surface area contributed by atoms with E-state index in [1.54, 1.807) is 17.9 Å². The van der Waals surface area contributed by atoms with Gasteiger partial charge in [0, 0.05) is 41.9 Å². The lowest BCUT2D eigenvalue weighted by Gasteiger charge is -2.21.